The Labute approximate surface area is 120 Å². The highest BCUT2D eigenvalue weighted by atomic mass is 16.5. The Kier molecular flexibility index (Phi) is 5.15. The van der Waals surface area contributed by atoms with Gasteiger partial charge in [0, 0.05) is 19.1 Å². The lowest BCUT2D eigenvalue weighted by atomic mass is 9.88. The quantitative estimate of drug-likeness (QED) is 0.848. The summed E-state index contributed by atoms with van der Waals surface area (Å²) in [6, 6.07) is 8.86. The van der Waals surface area contributed by atoms with Crippen molar-refractivity contribution in [3.63, 3.8) is 0 Å². The standard InChI is InChI=1S/C16H24N2O2/c1-3-12-4-6-13(7-5-12)14-8-15(17)10-18(9-14)11-16(19)20-2/h4-7,14-15H,3,8-11,17H2,1-2H3. The summed E-state index contributed by atoms with van der Waals surface area (Å²) in [7, 11) is 1.42. The van der Waals surface area contributed by atoms with Crippen molar-refractivity contribution >= 4 is 5.97 Å². The SMILES string of the molecule is CCc1ccc(C2CC(N)CN(CC(=O)OC)C2)cc1. The third kappa shape index (κ3) is 3.81. The van der Waals surface area contributed by atoms with Crippen molar-refractivity contribution in [1.29, 1.82) is 0 Å². The van der Waals surface area contributed by atoms with E-state index in [-0.39, 0.29) is 12.0 Å². The Morgan fingerprint density at radius 1 is 1.35 bits per heavy atom. The number of nitrogens with two attached hydrogens (primary N) is 1. The molecule has 1 aromatic rings. The molecule has 4 nitrogen and oxygen atoms in total. The van der Waals surface area contributed by atoms with Gasteiger partial charge >= 0.3 is 5.97 Å². The molecule has 1 aromatic carbocycles. The van der Waals surface area contributed by atoms with E-state index in [2.05, 4.69) is 36.1 Å². The van der Waals surface area contributed by atoms with Crippen LogP contribution in [0.25, 0.3) is 0 Å². The molecule has 0 aliphatic carbocycles. The average molecular weight is 276 g/mol. The highest BCUT2D eigenvalue weighted by Gasteiger charge is 2.27. The Morgan fingerprint density at radius 3 is 2.65 bits per heavy atom. The monoisotopic (exact) mass is 276 g/mol. The Balaban J connectivity index is 2.04. The molecule has 0 radical (unpaired) electrons. The number of ether oxygens (including phenoxy) is 1. The van der Waals surface area contributed by atoms with Crippen LogP contribution in [0.3, 0.4) is 0 Å². The minimum absolute atomic E-state index is 0.115. The lowest BCUT2D eigenvalue weighted by Crippen LogP contribution is -2.48. The van der Waals surface area contributed by atoms with Gasteiger partial charge in [-0.05, 0) is 29.9 Å². The van der Waals surface area contributed by atoms with E-state index in [9.17, 15) is 4.79 Å². The normalized spacial score (nSPS) is 23.6. The van der Waals surface area contributed by atoms with Crippen LogP contribution in [0, 0.1) is 0 Å². The van der Waals surface area contributed by atoms with E-state index < -0.39 is 0 Å². The molecule has 20 heavy (non-hydrogen) atoms. The lowest BCUT2D eigenvalue weighted by molar-refractivity contribution is -0.142. The molecule has 1 fully saturated rings. The molecule has 4 heteroatoms. The van der Waals surface area contributed by atoms with Crippen molar-refractivity contribution in [1.82, 2.24) is 4.90 Å². The summed E-state index contributed by atoms with van der Waals surface area (Å²) in [6.45, 7) is 4.12. The summed E-state index contributed by atoms with van der Waals surface area (Å²) in [6.07, 6.45) is 2.03. The van der Waals surface area contributed by atoms with E-state index in [0.717, 1.165) is 25.9 Å². The van der Waals surface area contributed by atoms with Crippen LogP contribution in [-0.4, -0.2) is 43.7 Å². The van der Waals surface area contributed by atoms with Gasteiger partial charge in [-0.15, -0.1) is 0 Å². The van der Waals surface area contributed by atoms with Gasteiger partial charge in [-0.2, -0.15) is 0 Å². The molecule has 2 atom stereocenters. The smallest absolute Gasteiger partial charge is 0.319 e. The molecule has 2 rings (SSSR count). The number of carbonyl (C=O) groups excluding carboxylic acids is 1. The number of methoxy groups -OCH3 is 1. The molecule has 1 aliphatic rings. The van der Waals surface area contributed by atoms with Gasteiger partial charge in [0.15, 0.2) is 0 Å². The molecule has 0 spiro atoms. The summed E-state index contributed by atoms with van der Waals surface area (Å²) in [5.41, 5.74) is 8.79. The summed E-state index contributed by atoms with van der Waals surface area (Å²) >= 11 is 0. The fourth-order valence-corrected chi connectivity index (χ4v) is 2.88. The minimum Gasteiger partial charge on any atom is -0.468 e. The highest BCUT2D eigenvalue weighted by Crippen LogP contribution is 2.26. The van der Waals surface area contributed by atoms with Crippen LogP contribution >= 0.6 is 0 Å². The van der Waals surface area contributed by atoms with Crippen molar-refractivity contribution in [2.75, 3.05) is 26.7 Å². The maximum absolute atomic E-state index is 11.4. The van der Waals surface area contributed by atoms with Gasteiger partial charge in [-0.3, -0.25) is 9.69 Å². The summed E-state index contributed by atoms with van der Waals surface area (Å²) in [5, 5.41) is 0. The summed E-state index contributed by atoms with van der Waals surface area (Å²) in [5.74, 6) is 0.202. The first-order valence-electron chi connectivity index (χ1n) is 7.26. The van der Waals surface area contributed by atoms with E-state index in [4.69, 9.17) is 10.5 Å². The highest BCUT2D eigenvalue weighted by molar-refractivity contribution is 5.71. The second kappa shape index (κ2) is 6.86. The zero-order valence-corrected chi connectivity index (χ0v) is 12.3. The summed E-state index contributed by atoms with van der Waals surface area (Å²) < 4.78 is 4.74. The Hall–Kier alpha value is -1.39. The lowest BCUT2D eigenvalue weighted by Gasteiger charge is -2.35. The molecule has 2 unspecified atom stereocenters. The van der Waals surface area contributed by atoms with Crippen molar-refractivity contribution in [3.8, 4) is 0 Å². The number of piperidine rings is 1. The molecule has 0 bridgehead atoms. The number of carbonyl (C=O) groups is 1. The predicted molar refractivity (Wildman–Crippen MR) is 79.6 cm³/mol. The average Bonchev–Trinajstić information content (AvgIpc) is 2.46. The summed E-state index contributed by atoms with van der Waals surface area (Å²) in [4.78, 5) is 13.5. The molecule has 1 aliphatic heterocycles. The van der Waals surface area contributed by atoms with Crippen LogP contribution in [0.2, 0.25) is 0 Å². The van der Waals surface area contributed by atoms with Crippen LogP contribution in [0.4, 0.5) is 0 Å². The van der Waals surface area contributed by atoms with Gasteiger partial charge in [0.1, 0.15) is 0 Å². The molecule has 2 N–H and O–H groups in total. The maximum atomic E-state index is 11.4. The molecular weight excluding hydrogens is 252 g/mol. The van der Waals surface area contributed by atoms with Gasteiger partial charge in [-0.1, -0.05) is 31.2 Å². The first kappa shape index (κ1) is 15.0. The van der Waals surface area contributed by atoms with Crippen molar-refractivity contribution in [3.05, 3.63) is 35.4 Å². The topological polar surface area (TPSA) is 55.6 Å². The zero-order valence-electron chi connectivity index (χ0n) is 12.3. The molecule has 0 aromatic heterocycles. The van der Waals surface area contributed by atoms with Crippen LogP contribution in [0.1, 0.15) is 30.4 Å². The minimum atomic E-state index is -0.195. The number of esters is 1. The second-order valence-electron chi connectivity index (χ2n) is 5.56. The molecule has 110 valence electrons. The van der Waals surface area contributed by atoms with Crippen LogP contribution in [0.15, 0.2) is 24.3 Å². The van der Waals surface area contributed by atoms with E-state index in [1.807, 2.05) is 0 Å². The van der Waals surface area contributed by atoms with E-state index in [1.165, 1.54) is 18.2 Å². The van der Waals surface area contributed by atoms with Crippen molar-refractivity contribution < 1.29 is 9.53 Å². The third-order valence-corrected chi connectivity index (χ3v) is 4.00. The predicted octanol–water partition coefficient (Wildman–Crippen LogP) is 1.54. The molecule has 0 saturated carbocycles. The zero-order chi connectivity index (χ0) is 14.5. The Bertz CT molecular complexity index is 444. The number of nitrogens with zero attached hydrogens (tertiary/aromatic N) is 1. The molecular formula is C16H24N2O2. The molecule has 1 saturated heterocycles. The number of hydrogen-bond donors (Lipinski definition) is 1. The van der Waals surface area contributed by atoms with Crippen LogP contribution in [0.5, 0.6) is 0 Å². The van der Waals surface area contributed by atoms with Gasteiger partial charge in [0.25, 0.3) is 0 Å². The second-order valence-corrected chi connectivity index (χ2v) is 5.56. The first-order valence-corrected chi connectivity index (χ1v) is 7.26. The van der Waals surface area contributed by atoms with Gasteiger partial charge < -0.3 is 10.5 Å². The van der Waals surface area contributed by atoms with Crippen molar-refractivity contribution in [2.45, 2.75) is 31.7 Å². The Morgan fingerprint density at radius 2 is 2.05 bits per heavy atom. The molecule has 0 amide bonds. The van der Waals surface area contributed by atoms with E-state index in [1.54, 1.807) is 0 Å². The maximum Gasteiger partial charge on any atom is 0.319 e. The van der Waals surface area contributed by atoms with E-state index >= 15 is 0 Å². The largest absolute Gasteiger partial charge is 0.468 e. The fourth-order valence-electron chi connectivity index (χ4n) is 2.88. The van der Waals surface area contributed by atoms with Crippen molar-refractivity contribution in [2.24, 2.45) is 5.73 Å². The number of hydrogen-bond acceptors (Lipinski definition) is 4. The number of benzene rings is 1. The van der Waals surface area contributed by atoms with Gasteiger partial charge in [0.2, 0.25) is 0 Å². The van der Waals surface area contributed by atoms with Gasteiger partial charge in [0.05, 0.1) is 13.7 Å². The van der Waals surface area contributed by atoms with Gasteiger partial charge in [-0.25, -0.2) is 0 Å². The third-order valence-electron chi connectivity index (χ3n) is 4.00. The van der Waals surface area contributed by atoms with Crippen LogP contribution in [-0.2, 0) is 16.0 Å². The van der Waals surface area contributed by atoms with E-state index in [0.29, 0.717) is 12.5 Å². The molecule has 1 heterocycles. The number of rotatable bonds is 4. The fraction of sp³-hybridized carbons (Fsp3) is 0.562. The van der Waals surface area contributed by atoms with Crippen LogP contribution < -0.4 is 5.73 Å². The first-order chi connectivity index (χ1) is 9.62. The number of likely N-dealkylation sites (tertiary alicyclic amines) is 1. The number of aryl methyl sites for hydroxylation is 1.